The Morgan fingerprint density at radius 2 is 1.34 bits per heavy atom. The summed E-state index contributed by atoms with van der Waals surface area (Å²) < 4.78 is 9.45. The number of carboxylic acid groups (broad SMARTS) is 1. The largest absolute Gasteiger partial charge is 0.493 e. The Labute approximate surface area is 225 Å². The maximum absolute atomic E-state index is 13.5. The molecule has 0 radical (unpaired) electrons. The summed E-state index contributed by atoms with van der Waals surface area (Å²) in [5.74, 6) is 0.659. The maximum Gasteiger partial charge on any atom is 0.329 e. The summed E-state index contributed by atoms with van der Waals surface area (Å²) in [6.07, 6.45) is 2.37. The quantitative estimate of drug-likeness (QED) is 0.255. The van der Waals surface area contributed by atoms with Crippen molar-refractivity contribution in [3.63, 3.8) is 0 Å². The fourth-order valence-electron chi connectivity index (χ4n) is 4.40. The number of benzene rings is 2. The highest BCUT2D eigenvalue weighted by molar-refractivity contribution is 6.10. The van der Waals surface area contributed by atoms with Gasteiger partial charge in [0.1, 0.15) is 5.75 Å². The summed E-state index contributed by atoms with van der Waals surface area (Å²) >= 11 is 0. The van der Waals surface area contributed by atoms with Gasteiger partial charge < -0.3 is 9.84 Å². The van der Waals surface area contributed by atoms with E-state index in [1.165, 1.54) is 0 Å². The Kier molecular flexibility index (Phi) is 9.95. The van der Waals surface area contributed by atoms with Crippen molar-refractivity contribution in [2.45, 2.75) is 80.3 Å². The second kappa shape index (κ2) is 12.9. The fourth-order valence-corrected chi connectivity index (χ4v) is 4.40. The molecule has 0 aliphatic heterocycles. The predicted octanol–water partition coefficient (Wildman–Crippen LogP) is 6.18. The van der Waals surface area contributed by atoms with Gasteiger partial charge in [-0.05, 0) is 73.4 Å². The number of carbonyl (C=O) groups excluding carboxylic acids is 1. The van der Waals surface area contributed by atoms with Crippen molar-refractivity contribution in [2.75, 3.05) is 6.61 Å². The predicted molar refractivity (Wildman–Crippen MR) is 151 cm³/mol. The number of aromatic nitrogens is 2. The van der Waals surface area contributed by atoms with Gasteiger partial charge in [0.2, 0.25) is 0 Å². The molecule has 7 heteroatoms. The molecule has 0 bridgehead atoms. The van der Waals surface area contributed by atoms with E-state index < -0.39 is 5.97 Å². The Hall–Kier alpha value is -3.35. The molecule has 0 saturated carbocycles. The standard InChI is InChI=1S/C31H42N2O5/c1-20(2)11-14-32-26-9-7-24(18-27(26)33(31(32)37)15-12-21(3)4)30(36)23-8-10-28(38-16-13-22(5)6)25(17-23)19-29(34)35/h7-10,17-18,20-22H,11-16,19H2,1-6H3,(H,34,35). The van der Waals surface area contributed by atoms with Gasteiger partial charge in [0.05, 0.1) is 24.1 Å². The molecular formula is C31H42N2O5. The molecule has 0 spiro atoms. The second-order valence-electron chi connectivity index (χ2n) is 11.4. The number of aliphatic carboxylic acids is 1. The van der Waals surface area contributed by atoms with E-state index in [9.17, 15) is 19.5 Å². The summed E-state index contributed by atoms with van der Waals surface area (Å²) in [6, 6.07) is 10.4. The average Bonchev–Trinajstić information content (AvgIpc) is 3.10. The Bertz CT molecular complexity index is 1330. The molecule has 0 unspecified atom stereocenters. The lowest BCUT2D eigenvalue weighted by Crippen LogP contribution is -2.25. The molecule has 38 heavy (non-hydrogen) atoms. The molecule has 206 valence electrons. The van der Waals surface area contributed by atoms with Crippen LogP contribution in [0.4, 0.5) is 0 Å². The number of ether oxygens (including phenoxy) is 1. The second-order valence-corrected chi connectivity index (χ2v) is 11.4. The van der Waals surface area contributed by atoms with E-state index in [1.807, 2.05) is 10.6 Å². The Morgan fingerprint density at radius 1 is 0.789 bits per heavy atom. The van der Waals surface area contributed by atoms with E-state index >= 15 is 0 Å². The van der Waals surface area contributed by atoms with Crippen molar-refractivity contribution in [2.24, 2.45) is 17.8 Å². The first-order valence-corrected chi connectivity index (χ1v) is 13.7. The third-order valence-electron chi connectivity index (χ3n) is 6.76. The molecule has 1 aromatic heterocycles. The van der Waals surface area contributed by atoms with Crippen LogP contribution in [0.2, 0.25) is 0 Å². The first kappa shape index (κ1) is 29.2. The van der Waals surface area contributed by atoms with Crippen LogP contribution in [0.1, 0.15) is 82.3 Å². The smallest absolute Gasteiger partial charge is 0.329 e. The molecule has 7 nitrogen and oxygen atoms in total. The van der Waals surface area contributed by atoms with Crippen LogP contribution >= 0.6 is 0 Å². The Morgan fingerprint density at radius 3 is 1.92 bits per heavy atom. The van der Waals surface area contributed by atoms with Crippen LogP contribution in [0.25, 0.3) is 11.0 Å². The number of nitrogens with zero attached hydrogens (tertiary/aromatic N) is 2. The van der Waals surface area contributed by atoms with Crippen LogP contribution in [0.15, 0.2) is 41.2 Å². The zero-order chi connectivity index (χ0) is 28.0. The highest BCUT2D eigenvalue weighted by Gasteiger charge is 2.19. The van der Waals surface area contributed by atoms with Crippen molar-refractivity contribution in [1.29, 1.82) is 0 Å². The molecular weight excluding hydrogens is 480 g/mol. The van der Waals surface area contributed by atoms with Crippen LogP contribution in [0, 0.1) is 17.8 Å². The molecule has 0 fully saturated rings. The van der Waals surface area contributed by atoms with E-state index in [4.69, 9.17) is 4.74 Å². The summed E-state index contributed by atoms with van der Waals surface area (Å²) in [4.78, 5) is 38.4. The van der Waals surface area contributed by atoms with Gasteiger partial charge in [-0.1, -0.05) is 41.5 Å². The molecule has 3 aromatic rings. The van der Waals surface area contributed by atoms with Crippen molar-refractivity contribution in [1.82, 2.24) is 9.13 Å². The number of carbonyl (C=O) groups is 2. The van der Waals surface area contributed by atoms with Gasteiger partial charge in [0, 0.05) is 29.8 Å². The van der Waals surface area contributed by atoms with E-state index in [0.717, 1.165) is 30.3 Å². The van der Waals surface area contributed by atoms with Crippen molar-refractivity contribution < 1.29 is 19.4 Å². The number of rotatable bonds is 14. The van der Waals surface area contributed by atoms with Gasteiger partial charge >= 0.3 is 11.7 Å². The highest BCUT2D eigenvalue weighted by Crippen LogP contribution is 2.25. The molecule has 1 N–H and O–H groups in total. The summed E-state index contributed by atoms with van der Waals surface area (Å²) in [7, 11) is 0. The van der Waals surface area contributed by atoms with Crippen LogP contribution in [0.5, 0.6) is 5.75 Å². The monoisotopic (exact) mass is 522 g/mol. The first-order chi connectivity index (χ1) is 18.0. The number of hydrogen-bond donors (Lipinski definition) is 1. The highest BCUT2D eigenvalue weighted by atomic mass is 16.5. The number of carboxylic acids is 1. The molecule has 0 aliphatic rings. The maximum atomic E-state index is 13.5. The zero-order valence-electron chi connectivity index (χ0n) is 23.6. The lowest BCUT2D eigenvalue weighted by Gasteiger charge is -2.13. The van der Waals surface area contributed by atoms with Gasteiger partial charge in [0.25, 0.3) is 0 Å². The van der Waals surface area contributed by atoms with E-state index in [0.29, 0.717) is 59.9 Å². The molecule has 0 aliphatic carbocycles. The number of hydrogen-bond acceptors (Lipinski definition) is 4. The summed E-state index contributed by atoms with van der Waals surface area (Å²) in [5, 5.41) is 9.42. The van der Waals surface area contributed by atoms with Gasteiger partial charge in [0.15, 0.2) is 5.78 Å². The van der Waals surface area contributed by atoms with Crippen LogP contribution in [0.3, 0.4) is 0 Å². The van der Waals surface area contributed by atoms with Gasteiger partial charge in [-0.3, -0.25) is 18.7 Å². The number of aryl methyl sites for hydroxylation is 2. The van der Waals surface area contributed by atoms with Crippen molar-refractivity contribution in [3.05, 3.63) is 63.6 Å². The number of imidazole rings is 1. The minimum absolute atomic E-state index is 0.0439. The SMILES string of the molecule is CC(C)CCOc1ccc(C(=O)c2ccc3c(c2)n(CCC(C)C)c(=O)n3CCC(C)C)cc1CC(=O)O. The topological polar surface area (TPSA) is 90.5 Å². The van der Waals surface area contributed by atoms with E-state index in [-0.39, 0.29) is 17.9 Å². The summed E-state index contributed by atoms with van der Waals surface area (Å²) in [6.45, 7) is 14.4. The molecule has 0 amide bonds. The minimum Gasteiger partial charge on any atom is -0.493 e. The molecule has 3 rings (SSSR count). The van der Waals surface area contributed by atoms with Crippen molar-refractivity contribution in [3.8, 4) is 5.75 Å². The minimum atomic E-state index is -0.985. The molecule has 0 saturated heterocycles. The molecule has 1 heterocycles. The van der Waals surface area contributed by atoms with Crippen LogP contribution < -0.4 is 10.4 Å². The van der Waals surface area contributed by atoms with Crippen LogP contribution in [-0.4, -0.2) is 32.6 Å². The fraction of sp³-hybridized carbons (Fsp3) is 0.516. The Balaban J connectivity index is 2.00. The van der Waals surface area contributed by atoms with Gasteiger partial charge in [-0.2, -0.15) is 0 Å². The lowest BCUT2D eigenvalue weighted by molar-refractivity contribution is -0.136. The normalized spacial score (nSPS) is 11.7. The van der Waals surface area contributed by atoms with Crippen molar-refractivity contribution >= 4 is 22.8 Å². The van der Waals surface area contributed by atoms with E-state index in [2.05, 4.69) is 41.5 Å². The summed E-state index contributed by atoms with van der Waals surface area (Å²) in [5.41, 5.74) is 2.87. The van der Waals surface area contributed by atoms with E-state index in [1.54, 1.807) is 34.9 Å². The first-order valence-electron chi connectivity index (χ1n) is 13.7. The van der Waals surface area contributed by atoms with Gasteiger partial charge in [-0.25, -0.2) is 4.79 Å². The van der Waals surface area contributed by atoms with Crippen LogP contribution in [-0.2, 0) is 24.3 Å². The molecule has 2 aromatic carbocycles. The lowest BCUT2D eigenvalue weighted by atomic mass is 9.99. The third-order valence-corrected chi connectivity index (χ3v) is 6.76. The molecule has 0 atom stereocenters. The number of fused-ring (bicyclic) bond motifs is 1. The average molecular weight is 523 g/mol. The number of ketones is 1. The zero-order valence-corrected chi connectivity index (χ0v) is 23.6. The van der Waals surface area contributed by atoms with Gasteiger partial charge in [-0.15, -0.1) is 0 Å². The third kappa shape index (κ3) is 7.36.